The molecule has 1 heterocycles. The highest BCUT2D eigenvalue weighted by atomic mass is 16.4. The van der Waals surface area contributed by atoms with Crippen molar-refractivity contribution in [3.8, 4) is 0 Å². The zero-order valence-electron chi connectivity index (χ0n) is 11.9. The second-order valence-electron chi connectivity index (χ2n) is 6.73. The van der Waals surface area contributed by atoms with Crippen LogP contribution in [0.15, 0.2) is 0 Å². The van der Waals surface area contributed by atoms with Crippen LogP contribution >= 0.6 is 0 Å². The summed E-state index contributed by atoms with van der Waals surface area (Å²) in [5.41, 5.74) is 0.112. The Kier molecular flexibility index (Phi) is 3.89. The third-order valence-electron chi connectivity index (χ3n) is 3.87. The Morgan fingerprint density at radius 1 is 1.41 bits per heavy atom. The van der Waals surface area contributed by atoms with Crippen molar-refractivity contribution in [1.29, 1.82) is 0 Å². The Hall–Kier alpha value is -0.610. The fourth-order valence-electron chi connectivity index (χ4n) is 2.43. The fourth-order valence-corrected chi connectivity index (χ4v) is 2.43. The molecule has 4 heteroatoms. The molecule has 0 amide bonds. The Morgan fingerprint density at radius 3 is 2.35 bits per heavy atom. The van der Waals surface area contributed by atoms with E-state index in [0.717, 1.165) is 13.1 Å². The average molecular weight is 242 g/mol. The van der Waals surface area contributed by atoms with Gasteiger partial charge in [0.2, 0.25) is 0 Å². The maximum atomic E-state index is 10.9. The maximum absolute atomic E-state index is 10.9. The zero-order chi connectivity index (χ0) is 13.4. The molecule has 0 aromatic carbocycles. The smallest absolute Gasteiger partial charge is 0.304 e. The molecular formula is C13H26N2O2. The Balaban J connectivity index is 2.87. The van der Waals surface area contributed by atoms with Gasteiger partial charge in [-0.05, 0) is 41.7 Å². The summed E-state index contributed by atoms with van der Waals surface area (Å²) < 4.78 is 0. The van der Waals surface area contributed by atoms with Crippen molar-refractivity contribution in [1.82, 2.24) is 9.80 Å². The van der Waals surface area contributed by atoms with Crippen LogP contribution in [-0.2, 0) is 4.79 Å². The van der Waals surface area contributed by atoms with E-state index >= 15 is 0 Å². The molecule has 0 spiro atoms. The van der Waals surface area contributed by atoms with E-state index in [4.69, 9.17) is 5.11 Å². The maximum Gasteiger partial charge on any atom is 0.304 e. The molecule has 0 aromatic rings. The van der Waals surface area contributed by atoms with E-state index in [-0.39, 0.29) is 23.5 Å². The van der Waals surface area contributed by atoms with Gasteiger partial charge in [0.15, 0.2) is 0 Å². The third-order valence-corrected chi connectivity index (χ3v) is 3.87. The fraction of sp³-hybridized carbons (Fsp3) is 0.923. The van der Waals surface area contributed by atoms with Gasteiger partial charge in [-0.3, -0.25) is 14.6 Å². The monoisotopic (exact) mass is 242 g/mol. The van der Waals surface area contributed by atoms with E-state index in [1.54, 1.807) is 0 Å². The lowest BCUT2D eigenvalue weighted by molar-refractivity contribution is -0.140. The summed E-state index contributed by atoms with van der Waals surface area (Å²) in [5, 5.41) is 9.00. The van der Waals surface area contributed by atoms with Crippen LogP contribution in [0, 0.1) is 0 Å². The first-order chi connectivity index (χ1) is 7.54. The molecule has 100 valence electrons. The van der Waals surface area contributed by atoms with Crippen molar-refractivity contribution in [3.05, 3.63) is 0 Å². The first-order valence-corrected chi connectivity index (χ1v) is 6.24. The van der Waals surface area contributed by atoms with Crippen LogP contribution < -0.4 is 0 Å². The van der Waals surface area contributed by atoms with Gasteiger partial charge in [0.25, 0.3) is 0 Å². The summed E-state index contributed by atoms with van der Waals surface area (Å²) in [6.07, 6.45) is 0.215. The van der Waals surface area contributed by atoms with E-state index < -0.39 is 5.97 Å². The number of rotatable bonds is 2. The Morgan fingerprint density at radius 2 is 1.94 bits per heavy atom. The molecular weight excluding hydrogens is 216 g/mol. The van der Waals surface area contributed by atoms with E-state index in [1.807, 2.05) is 7.05 Å². The minimum absolute atomic E-state index is 0.0195. The summed E-state index contributed by atoms with van der Waals surface area (Å²) in [4.78, 5) is 15.5. The van der Waals surface area contributed by atoms with Crippen molar-refractivity contribution >= 4 is 5.97 Å². The van der Waals surface area contributed by atoms with Gasteiger partial charge in [-0.1, -0.05) is 0 Å². The number of aliphatic carboxylic acids is 1. The van der Waals surface area contributed by atoms with Crippen LogP contribution in [0.25, 0.3) is 0 Å². The van der Waals surface area contributed by atoms with Crippen molar-refractivity contribution in [2.45, 2.75) is 58.2 Å². The summed E-state index contributed by atoms with van der Waals surface area (Å²) in [7, 11) is 2.04. The van der Waals surface area contributed by atoms with Crippen LogP contribution in [0.3, 0.4) is 0 Å². The molecule has 1 N–H and O–H groups in total. The molecule has 17 heavy (non-hydrogen) atoms. The predicted molar refractivity (Wildman–Crippen MR) is 69.2 cm³/mol. The number of hydrogen-bond acceptors (Lipinski definition) is 3. The standard InChI is InChI=1S/C13H26N2O2/c1-12(2,3)15-8-10(7-11(16)17)14(6)13(4,5)9-15/h10H,7-9H2,1-6H3,(H,16,17). The molecule has 1 unspecified atom stereocenters. The lowest BCUT2D eigenvalue weighted by Gasteiger charge is -2.53. The van der Waals surface area contributed by atoms with Gasteiger partial charge in [0, 0.05) is 30.2 Å². The predicted octanol–water partition coefficient (Wildman–Crippen LogP) is 1.65. The summed E-state index contributed by atoms with van der Waals surface area (Å²) in [6.45, 7) is 12.7. The number of nitrogens with zero attached hydrogens (tertiary/aromatic N) is 2. The Bertz CT molecular complexity index is 294. The first kappa shape index (κ1) is 14.5. The van der Waals surface area contributed by atoms with Crippen LogP contribution in [0.1, 0.15) is 41.0 Å². The summed E-state index contributed by atoms with van der Waals surface area (Å²) in [6, 6.07) is 0.0930. The van der Waals surface area contributed by atoms with Crippen molar-refractivity contribution < 1.29 is 9.90 Å². The van der Waals surface area contributed by atoms with Gasteiger partial charge in [-0.2, -0.15) is 0 Å². The number of likely N-dealkylation sites (N-methyl/N-ethyl adjacent to an activating group) is 1. The van der Waals surface area contributed by atoms with Gasteiger partial charge in [-0.25, -0.2) is 0 Å². The van der Waals surface area contributed by atoms with Crippen LogP contribution in [0.2, 0.25) is 0 Å². The van der Waals surface area contributed by atoms with Gasteiger partial charge in [0.1, 0.15) is 0 Å². The molecule has 4 nitrogen and oxygen atoms in total. The first-order valence-electron chi connectivity index (χ1n) is 6.24. The summed E-state index contributed by atoms with van der Waals surface area (Å²) in [5.74, 6) is -0.714. The number of carboxylic acid groups (broad SMARTS) is 1. The Labute approximate surface area is 105 Å². The molecule has 1 aliphatic rings. The number of carbonyl (C=O) groups is 1. The van der Waals surface area contributed by atoms with Crippen molar-refractivity contribution in [2.75, 3.05) is 20.1 Å². The minimum Gasteiger partial charge on any atom is -0.481 e. The van der Waals surface area contributed by atoms with Gasteiger partial charge >= 0.3 is 5.97 Å². The minimum atomic E-state index is -0.714. The average Bonchev–Trinajstić information content (AvgIpc) is 2.09. The SMILES string of the molecule is CN1C(CC(=O)O)CN(C(C)(C)C)CC1(C)C. The molecule has 1 atom stereocenters. The lowest BCUT2D eigenvalue weighted by Crippen LogP contribution is -2.66. The molecule has 1 aliphatic heterocycles. The third kappa shape index (κ3) is 3.42. The second kappa shape index (κ2) is 4.58. The zero-order valence-corrected chi connectivity index (χ0v) is 11.9. The largest absolute Gasteiger partial charge is 0.481 e. The van der Waals surface area contributed by atoms with E-state index in [0.29, 0.717) is 0 Å². The normalized spacial score (nSPS) is 27.1. The van der Waals surface area contributed by atoms with E-state index in [9.17, 15) is 4.79 Å². The topological polar surface area (TPSA) is 43.8 Å². The molecule has 1 saturated heterocycles. The van der Waals surface area contributed by atoms with E-state index in [1.165, 1.54) is 0 Å². The second-order valence-corrected chi connectivity index (χ2v) is 6.73. The van der Waals surface area contributed by atoms with Crippen LogP contribution in [0.4, 0.5) is 0 Å². The highest BCUT2D eigenvalue weighted by Gasteiger charge is 2.41. The van der Waals surface area contributed by atoms with Crippen molar-refractivity contribution in [2.24, 2.45) is 0 Å². The number of carboxylic acids is 1. The summed E-state index contributed by atoms with van der Waals surface area (Å²) >= 11 is 0. The number of piperazine rings is 1. The molecule has 1 fully saturated rings. The van der Waals surface area contributed by atoms with Gasteiger partial charge < -0.3 is 5.11 Å². The van der Waals surface area contributed by atoms with Crippen LogP contribution in [0.5, 0.6) is 0 Å². The molecule has 0 radical (unpaired) electrons. The molecule has 0 aliphatic carbocycles. The van der Waals surface area contributed by atoms with Gasteiger partial charge in [-0.15, -0.1) is 0 Å². The van der Waals surface area contributed by atoms with Gasteiger partial charge in [0.05, 0.1) is 6.42 Å². The lowest BCUT2D eigenvalue weighted by atomic mass is 9.90. The molecule has 1 rings (SSSR count). The number of hydrogen-bond donors (Lipinski definition) is 1. The quantitative estimate of drug-likeness (QED) is 0.799. The molecule has 0 aromatic heterocycles. The molecule has 0 saturated carbocycles. The van der Waals surface area contributed by atoms with E-state index in [2.05, 4.69) is 44.4 Å². The molecule has 0 bridgehead atoms. The van der Waals surface area contributed by atoms with Crippen molar-refractivity contribution in [3.63, 3.8) is 0 Å². The highest BCUT2D eigenvalue weighted by molar-refractivity contribution is 5.67. The highest BCUT2D eigenvalue weighted by Crippen LogP contribution is 2.29. The van der Waals surface area contributed by atoms with Crippen LogP contribution in [-0.4, -0.2) is 58.1 Å².